The molecule has 0 radical (unpaired) electrons. The molecule has 0 N–H and O–H groups in total. The number of aromatic nitrogens is 3. The molecule has 1 aromatic heterocycles. The molecule has 0 aliphatic heterocycles. The lowest BCUT2D eigenvalue weighted by Crippen LogP contribution is -2.05. The van der Waals surface area contributed by atoms with E-state index in [0.717, 1.165) is 5.56 Å². The van der Waals surface area contributed by atoms with Crippen LogP contribution in [0, 0.1) is 11.3 Å². The third-order valence-corrected chi connectivity index (χ3v) is 2.95. The Balaban J connectivity index is 2.62. The van der Waals surface area contributed by atoms with Gasteiger partial charge in [0.25, 0.3) is 0 Å². The maximum Gasteiger partial charge on any atom is 0.190 e. The van der Waals surface area contributed by atoms with Gasteiger partial charge in [0.05, 0.1) is 14.2 Å². The highest BCUT2D eigenvalue weighted by Crippen LogP contribution is 2.33. The molecule has 0 unspecified atom stereocenters. The van der Waals surface area contributed by atoms with Crippen LogP contribution in [0.2, 0.25) is 0 Å². The molecule has 0 atom stereocenters. The number of hydrogen-bond acceptors (Lipinski definition) is 5. The molecule has 1 aromatic carbocycles. The van der Waals surface area contributed by atoms with Crippen molar-refractivity contribution in [3.05, 3.63) is 23.9 Å². The van der Waals surface area contributed by atoms with Crippen LogP contribution in [-0.4, -0.2) is 29.2 Å². The highest BCUT2D eigenvalue weighted by atomic mass is 16.5. The van der Waals surface area contributed by atoms with E-state index in [-0.39, 0.29) is 6.04 Å². The van der Waals surface area contributed by atoms with Gasteiger partial charge in [-0.1, -0.05) is 5.21 Å². The summed E-state index contributed by atoms with van der Waals surface area (Å²) in [4.78, 5) is 0. The Bertz CT molecular complexity index is 656. The number of hydrogen-bond donors (Lipinski definition) is 0. The first-order chi connectivity index (χ1) is 9.62. The standard InChI is InChI=1S/C14H16N4O2/c1-9(2)18-14(11(8-15)16-17-18)10-5-6-12(19-3)13(7-10)20-4/h5-7,9H,1-4H3. The van der Waals surface area contributed by atoms with Gasteiger partial charge in [-0.15, -0.1) is 5.10 Å². The van der Waals surface area contributed by atoms with E-state index in [1.165, 1.54) is 0 Å². The second kappa shape index (κ2) is 5.61. The van der Waals surface area contributed by atoms with Gasteiger partial charge in [0, 0.05) is 11.6 Å². The topological polar surface area (TPSA) is 73.0 Å². The fourth-order valence-electron chi connectivity index (χ4n) is 1.98. The summed E-state index contributed by atoms with van der Waals surface area (Å²) in [7, 11) is 3.16. The van der Waals surface area contributed by atoms with Crippen molar-refractivity contribution in [1.82, 2.24) is 15.0 Å². The molecular formula is C14H16N4O2. The first-order valence-electron chi connectivity index (χ1n) is 6.20. The van der Waals surface area contributed by atoms with Crippen molar-refractivity contribution in [2.75, 3.05) is 14.2 Å². The van der Waals surface area contributed by atoms with Crippen LogP contribution in [0.5, 0.6) is 11.5 Å². The number of rotatable bonds is 4. The van der Waals surface area contributed by atoms with Gasteiger partial charge in [0.1, 0.15) is 11.8 Å². The number of ether oxygens (including phenoxy) is 2. The molecule has 6 heteroatoms. The predicted octanol–water partition coefficient (Wildman–Crippen LogP) is 2.41. The molecule has 0 spiro atoms. The smallest absolute Gasteiger partial charge is 0.190 e. The zero-order valence-corrected chi connectivity index (χ0v) is 11.9. The fraction of sp³-hybridized carbons (Fsp3) is 0.357. The number of nitrogens with zero attached hydrogens (tertiary/aromatic N) is 4. The van der Waals surface area contributed by atoms with Crippen LogP contribution in [0.25, 0.3) is 11.3 Å². The Morgan fingerprint density at radius 1 is 1.20 bits per heavy atom. The van der Waals surface area contributed by atoms with Crippen molar-refractivity contribution < 1.29 is 9.47 Å². The van der Waals surface area contributed by atoms with Crippen LogP contribution >= 0.6 is 0 Å². The van der Waals surface area contributed by atoms with E-state index >= 15 is 0 Å². The SMILES string of the molecule is COc1ccc(-c2c(C#N)nnn2C(C)C)cc1OC. The molecule has 1 heterocycles. The van der Waals surface area contributed by atoms with Gasteiger partial charge in [0.15, 0.2) is 17.2 Å². The minimum absolute atomic E-state index is 0.104. The first-order valence-corrected chi connectivity index (χ1v) is 6.20. The van der Waals surface area contributed by atoms with Gasteiger partial charge in [-0.05, 0) is 32.0 Å². The van der Waals surface area contributed by atoms with Gasteiger partial charge in [-0.2, -0.15) is 5.26 Å². The first kappa shape index (κ1) is 13.9. The average Bonchev–Trinajstić information content (AvgIpc) is 2.90. The molecule has 0 aliphatic carbocycles. The Kier molecular flexibility index (Phi) is 3.89. The summed E-state index contributed by atoms with van der Waals surface area (Å²) in [5.41, 5.74) is 1.80. The monoisotopic (exact) mass is 272 g/mol. The summed E-state index contributed by atoms with van der Waals surface area (Å²) < 4.78 is 12.2. The lowest BCUT2D eigenvalue weighted by Gasteiger charge is -2.12. The molecule has 0 aliphatic rings. The van der Waals surface area contributed by atoms with E-state index in [1.807, 2.05) is 26.0 Å². The maximum absolute atomic E-state index is 9.18. The van der Waals surface area contributed by atoms with E-state index in [9.17, 15) is 5.26 Å². The molecule has 104 valence electrons. The summed E-state index contributed by atoms with van der Waals surface area (Å²) in [5.74, 6) is 1.24. The molecule has 0 saturated heterocycles. The van der Waals surface area contributed by atoms with Crippen molar-refractivity contribution >= 4 is 0 Å². The second-order valence-corrected chi connectivity index (χ2v) is 4.51. The quantitative estimate of drug-likeness (QED) is 0.854. The third-order valence-electron chi connectivity index (χ3n) is 2.95. The maximum atomic E-state index is 9.18. The zero-order valence-electron chi connectivity index (χ0n) is 11.9. The van der Waals surface area contributed by atoms with E-state index in [2.05, 4.69) is 16.4 Å². The molecule has 6 nitrogen and oxygen atoms in total. The number of benzene rings is 1. The fourth-order valence-corrected chi connectivity index (χ4v) is 1.98. The molecule has 2 aromatic rings. The summed E-state index contributed by atoms with van der Waals surface area (Å²) >= 11 is 0. The zero-order chi connectivity index (χ0) is 14.7. The van der Waals surface area contributed by atoms with E-state index in [0.29, 0.717) is 22.9 Å². The molecule has 0 fully saturated rings. The average molecular weight is 272 g/mol. The van der Waals surface area contributed by atoms with E-state index in [4.69, 9.17) is 9.47 Å². The summed E-state index contributed by atoms with van der Waals surface area (Å²) in [5, 5.41) is 17.1. The van der Waals surface area contributed by atoms with Crippen molar-refractivity contribution in [3.63, 3.8) is 0 Å². The summed E-state index contributed by atoms with van der Waals surface area (Å²) in [6.07, 6.45) is 0. The largest absolute Gasteiger partial charge is 0.493 e. The van der Waals surface area contributed by atoms with Crippen LogP contribution < -0.4 is 9.47 Å². The van der Waals surface area contributed by atoms with Crippen LogP contribution in [0.15, 0.2) is 18.2 Å². The minimum atomic E-state index is 0.104. The van der Waals surface area contributed by atoms with Crippen molar-refractivity contribution in [1.29, 1.82) is 5.26 Å². The van der Waals surface area contributed by atoms with Crippen molar-refractivity contribution in [2.45, 2.75) is 19.9 Å². The second-order valence-electron chi connectivity index (χ2n) is 4.51. The molecule has 0 bridgehead atoms. The van der Waals surface area contributed by atoms with E-state index < -0.39 is 0 Å². The Morgan fingerprint density at radius 3 is 2.45 bits per heavy atom. The molecule has 20 heavy (non-hydrogen) atoms. The molecule has 0 saturated carbocycles. The minimum Gasteiger partial charge on any atom is -0.493 e. The highest BCUT2D eigenvalue weighted by Gasteiger charge is 2.18. The van der Waals surface area contributed by atoms with Crippen molar-refractivity contribution in [3.8, 4) is 28.8 Å². The van der Waals surface area contributed by atoms with Crippen molar-refractivity contribution in [2.24, 2.45) is 0 Å². The third kappa shape index (κ3) is 2.30. The normalized spacial score (nSPS) is 10.4. The van der Waals surface area contributed by atoms with Gasteiger partial charge >= 0.3 is 0 Å². The van der Waals surface area contributed by atoms with Gasteiger partial charge in [0.2, 0.25) is 0 Å². The van der Waals surface area contributed by atoms with Crippen LogP contribution in [0.1, 0.15) is 25.6 Å². The molecule has 2 rings (SSSR count). The van der Waals surface area contributed by atoms with Crippen LogP contribution in [-0.2, 0) is 0 Å². The lowest BCUT2D eigenvalue weighted by molar-refractivity contribution is 0.355. The molecule has 0 amide bonds. The predicted molar refractivity (Wildman–Crippen MR) is 73.7 cm³/mol. The summed E-state index contributed by atoms with van der Waals surface area (Å²) in [6, 6.07) is 7.65. The van der Waals surface area contributed by atoms with Gasteiger partial charge in [-0.25, -0.2) is 4.68 Å². The number of nitriles is 1. The van der Waals surface area contributed by atoms with E-state index in [1.54, 1.807) is 25.0 Å². The Labute approximate surface area is 117 Å². The molecular weight excluding hydrogens is 256 g/mol. The Morgan fingerprint density at radius 2 is 1.90 bits per heavy atom. The highest BCUT2D eigenvalue weighted by molar-refractivity contribution is 5.68. The van der Waals surface area contributed by atoms with Gasteiger partial charge in [-0.3, -0.25) is 0 Å². The van der Waals surface area contributed by atoms with Crippen LogP contribution in [0.3, 0.4) is 0 Å². The lowest BCUT2D eigenvalue weighted by atomic mass is 10.1. The number of methoxy groups -OCH3 is 2. The van der Waals surface area contributed by atoms with Crippen LogP contribution in [0.4, 0.5) is 0 Å². The Hall–Kier alpha value is -2.55. The van der Waals surface area contributed by atoms with Gasteiger partial charge < -0.3 is 9.47 Å². The summed E-state index contributed by atoms with van der Waals surface area (Å²) in [6.45, 7) is 3.97.